The largest absolute Gasteiger partial charge is 0.345 e. The van der Waals surface area contributed by atoms with Crippen LogP contribution in [0.25, 0.3) is 0 Å². The van der Waals surface area contributed by atoms with E-state index in [9.17, 15) is 9.59 Å². The zero-order valence-electron chi connectivity index (χ0n) is 17.5. The Morgan fingerprint density at radius 2 is 1.56 bits per heavy atom. The molecule has 0 radical (unpaired) electrons. The maximum absolute atomic E-state index is 13.1. The van der Waals surface area contributed by atoms with Gasteiger partial charge in [-0.2, -0.15) is 0 Å². The predicted octanol–water partition coefficient (Wildman–Crippen LogP) is 3.34. The van der Waals surface area contributed by atoms with E-state index in [4.69, 9.17) is 11.6 Å². The van der Waals surface area contributed by atoms with Crippen LogP contribution in [0.3, 0.4) is 0 Å². The van der Waals surface area contributed by atoms with Crippen LogP contribution in [0.15, 0.2) is 73.1 Å². The van der Waals surface area contributed by atoms with E-state index in [1.165, 1.54) is 0 Å². The molecule has 2 amide bonds. The van der Waals surface area contributed by atoms with E-state index >= 15 is 0 Å². The van der Waals surface area contributed by atoms with Crippen molar-refractivity contribution >= 4 is 29.4 Å². The maximum Gasteiger partial charge on any atom is 0.253 e. The molecule has 1 saturated heterocycles. The highest BCUT2D eigenvalue weighted by Crippen LogP contribution is 2.22. The van der Waals surface area contributed by atoms with Crippen LogP contribution < -0.4 is 10.2 Å². The van der Waals surface area contributed by atoms with Gasteiger partial charge in [-0.05, 0) is 23.8 Å². The monoisotopic (exact) mass is 449 g/mol. The number of benzene rings is 2. The lowest BCUT2D eigenvalue weighted by molar-refractivity contribution is -0.132. The van der Waals surface area contributed by atoms with Gasteiger partial charge in [0.15, 0.2) is 0 Å². The van der Waals surface area contributed by atoms with Crippen LogP contribution in [0.1, 0.15) is 28.4 Å². The van der Waals surface area contributed by atoms with Gasteiger partial charge in [-0.25, -0.2) is 9.97 Å². The van der Waals surface area contributed by atoms with Crippen molar-refractivity contribution in [3.63, 3.8) is 0 Å². The smallest absolute Gasteiger partial charge is 0.253 e. The first-order valence-electron chi connectivity index (χ1n) is 10.5. The number of nitrogens with zero attached hydrogens (tertiary/aromatic N) is 4. The van der Waals surface area contributed by atoms with Crippen LogP contribution in [0.5, 0.6) is 0 Å². The van der Waals surface area contributed by atoms with Gasteiger partial charge < -0.3 is 15.1 Å². The molecule has 3 aromatic rings. The van der Waals surface area contributed by atoms with E-state index in [1.54, 1.807) is 42.7 Å². The molecule has 1 atom stereocenters. The Labute approximate surface area is 192 Å². The van der Waals surface area contributed by atoms with Gasteiger partial charge in [0.25, 0.3) is 5.91 Å². The van der Waals surface area contributed by atoms with Crippen LogP contribution in [-0.4, -0.2) is 52.9 Å². The fourth-order valence-electron chi connectivity index (χ4n) is 3.73. The molecule has 8 heteroatoms. The minimum Gasteiger partial charge on any atom is -0.345 e. The lowest BCUT2D eigenvalue weighted by Gasteiger charge is -2.35. The SMILES string of the molecule is O=C(N[C@H](CC(=O)N1CCN(c2ncccn2)CC1)c1ccccc1)c1ccccc1Cl. The van der Waals surface area contributed by atoms with Gasteiger partial charge in [-0.3, -0.25) is 9.59 Å². The second kappa shape index (κ2) is 10.2. The van der Waals surface area contributed by atoms with E-state index in [-0.39, 0.29) is 18.2 Å². The summed E-state index contributed by atoms with van der Waals surface area (Å²) in [5, 5.41) is 3.37. The summed E-state index contributed by atoms with van der Waals surface area (Å²) in [4.78, 5) is 38.4. The summed E-state index contributed by atoms with van der Waals surface area (Å²) in [6, 6.07) is 17.7. The molecule has 2 heterocycles. The van der Waals surface area contributed by atoms with Gasteiger partial charge >= 0.3 is 0 Å². The van der Waals surface area contributed by atoms with Crippen molar-refractivity contribution in [2.24, 2.45) is 0 Å². The Bertz CT molecular complexity index is 1060. The summed E-state index contributed by atoms with van der Waals surface area (Å²) in [6.07, 6.45) is 3.60. The number of hydrogen-bond donors (Lipinski definition) is 1. The Hall–Kier alpha value is -3.45. The number of carbonyl (C=O) groups excluding carboxylic acids is 2. The van der Waals surface area contributed by atoms with Gasteiger partial charge in [-0.15, -0.1) is 0 Å². The van der Waals surface area contributed by atoms with Gasteiger partial charge in [-0.1, -0.05) is 54.1 Å². The number of amides is 2. The fraction of sp³-hybridized carbons (Fsp3) is 0.250. The van der Waals surface area contributed by atoms with Gasteiger partial charge in [0, 0.05) is 38.6 Å². The van der Waals surface area contributed by atoms with Crippen LogP contribution in [0.4, 0.5) is 5.95 Å². The highest BCUT2D eigenvalue weighted by atomic mass is 35.5. The highest BCUT2D eigenvalue weighted by molar-refractivity contribution is 6.33. The van der Waals surface area contributed by atoms with Gasteiger partial charge in [0.1, 0.15) is 0 Å². The van der Waals surface area contributed by atoms with Crippen molar-refractivity contribution in [2.45, 2.75) is 12.5 Å². The second-order valence-corrected chi connectivity index (χ2v) is 7.94. The molecular formula is C24H24ClN5O2. The van der Waals surface area contributed by atoms with Crippen molar-refractivity contribution in [3.8, 4) is 0 Å². The zero-order valence-corrected chi connectivity index (χ0v) is 18.3. The Balaban J connectivity index is 1.43. The molecule has 1 aliphatic heterocycles. The molecule has 2 aromatic carbocycles. The summed E-state index contributed by atoms with van der Waals surface area (Å²) in [6.45, 7) is 2.49. The van der Waals surface area contributed by atoms with Crippen molar-refractivity contribution in [1.29, 1.82) is 0 Å². The quantitative estimate of drug-likeness (QED) is 0.624. The first-order valence-corrected chi connectivity index (χ1v) is 10.9. The third kappa shape index (κ3) is 5.23. The topological polar surface area (TPSA) is 78.4 Å². The normalized spacial score (nSPS) is 14.7. The van der Waals surface area contributed by atoms with Crippen molar-refractivity contribution in [3.05, 3.63) is 89.2 Å². The van der Waals surface area contributed by atoms with Crippen LogP contribution in [0, 0.1) is 0 Å². The number of anilines is 1. The lowest BCUT2D eigenvalue weighted by Crippen LogP contribution is -2.50. The van der Waals surface area contributed by atoms with Crippen LogP contribution >= 0.6 is 11.6 Å². The average molecular weight is 450 g/mol. The molecule has 1 N–H and O–H groups in total. The van der Waals surface area contributed by atoms with E-state index in [1.807, 2.05) is 35.2 Å². The number of aromatic nitrogens is 2. The Morgan fingerprint density at radius 1 is 0.906 bits per heavy atom. The summed E-state index contributed by atoms with van der Waals surface area (Å²) in [5.74, 6) is 0.365. The second-order valence-electron chi connectivity index (χ2n) is 7.54. The number of halogens is 1. The van der Waals surface area contributed by atoms with Crippen LogP contribution in [0.2, 0.25) is 5.02 Å². The van der Waals surface area contributed by atoms with E-state index in [2.05, 4.69) is 20.2 Å². The molecule has 0 unspecified atom stereocenters. The molecule has 0 aliphatic carbocycles. The van der Waals surface area contributed by atoms with Crippen molar-refractivity contribution < 1.29 is 9.59 Å². The Kier molecular flexibility index (Phi) is 6.97. The predicted molar refractivity (Wildman–Crippen MR) is 124 cm³/mol. The molecule has 1 aliphatic rings. The molecule has 32 heavy (non-hydrogen) atoms. The minimum atomic E-state index is -0.456. The molecule has 1 fully saturated rings. The average Bonchev–Trinajstić information content (AvgIpc) is 2.85. The minimum absolute atomic E-state index is 0.00746. The number of nitrogens with one attached hydrogen (secondary N) is 1. The standard InChI is InChI=1S/C24H24ClN5O2/c25-20-10-5-4-9-19(20)23(32)28-21(18-7-2-1-3-8-18)17-22(31)29-13-15-30(16-14-29)24-26-11-6-12-27-24/h1-12,21H,13-17H2,(H,28,32)/t21-/m1/s1. The summed E-state index contributed by atoms with van der Waals surface area (Å²) >= 11 is 6.19. The van der Waals surface area contributed by atoms with Crippen molar-refractivity contribution in [1.82, 2.24) is 20.2 Å². The molecule has 7 nitrogen and oxygen atoms in total. The van der Waals surface area contributed by atoms with E-state index < -0.39 is 6.04 Å². The molecule has 0 spiro atoms. The maximum atomic E-state index is 13.1. The van der Waals surface area contributed by atoms with Crippen molar-refractivity contribution in [2.75, 3.05) is 31.1 Å². The third-order valence-corrected chi connectivity index (χ3v) is 5.80. The summed E-state index contributed by atoms with van der Waals surface area (Å²) < 4.78 is 0. The van der Waals surface area contributed by atoms with Gasteiger partial charge in [0.2, 0.25) is 11.9 Å². The summed E-state index contributed by atoms with van der Waals surface area (Å²) in [5.41, 5.74) is 1.26. The number of carbonyl (C=O) groups is 2. The number of piperazine rings is 1. The number of hydrogen-bond acceptors (Lipinski definition) is 5. The third-order valence-electron chi connectivity index (χ3n) is 5.47. The first kappa shape index (κ1) is 21.8. The Morgan fingerprint density at radius 3 is 2.25 bits per heavy atom. The fourth-order valence-corrected chi connectivity index (χ4v) is 3.95. The molecule has 4 rings (SSSR count). The molecule has 0 bridgehead atoms. The highest BCUT2D eigenvalue weighted by Gasteiger charge is 2.26. The molecule has 164 valence electrons. The first-order chi connectivity index (χ1) is 15.6. The molecule has 0 saturated carbocycles. The summed E-state index contributed by atoms with van der Waals surface area (Å²) in [7, 11) is 0. The zero-order chi connectivity index (χ0) is 22.3. The van der Waals surface area contributed by atoms with Gasteiger partial charge in [0.05, 0.1) is 23.0 Å². The molecule has 1 aromatic heterocycles. The van der Waals surface area contributed by atoms with E-state index in [0.717, 1.165) is 5.56 Å². The number of rotatable bonds is 6. The van der Waals surface area contributed by atoms with Crippen LogP contribution in [-0.2, 0) is 4.79 Å². The van der Waals surface area contributed by atoms with E-state index in [0.29, 0.717) is 42.7 Å². The molecular weight excluding hydrogens is 426 g/mol. The lowest BCUT2D eigenvalue weighted by atomic mass is 10.0.